The predicted octanol–water partition coefficient (Wildman–Crippen LogP) is 4.65. The van der Waals surface area contributed by atoms with Gasteiger partial charge in [0.2, 0.25) is 0 Å². The minimum Gasteiger partial charge on any atom is -0.497 e. The summed E-state index contributed by atoms with van der Waals surface area (Å²) >= 11 is 0. The molecule has 0 aliphatic carbocycles. The Labute approximate surface area is 203 Å². The number of H-pyrrole nitrogens is 2. The monoisotopic (exact) mass is 468 g/mol. The summed E-state index contributed by atoms with van der Waals surface area (Å²) in [4.78, 5) is 13.2. The molecule has 35 heavy (non-hydrogen) atoms. The number of imidazole rings is 1. The Morgan fingerprint density at radius 1 is 0.886 bits per heavy atom. The first kappa shape index (κ1) is 21.6. The zero-order chi connectivity index (χ0) is 23.8. The van der Waals surface area contributed by atoms with Crippen molar-refractivity contribution in [1.29, 1.82) is 0 Å². The molecule has 6 rings (SSSR count). The molecule has 2 aromatic heterocycles. The van der Waals surface area contributed by atoms with Crippen LogP contribution in [0.5, 0.6) is 17.2 Å². The molecule has 178 valence electrons. The third-order valence-electron chi connectivity index (χ3n) is 6.58. The lowest BCUT2D eigenvalue weighted by Gasteiger charge is -2.32. The summed E-state index contributed by atoms with van der Waals surface area (Å²) in [5.74, 6) is 2.92. The summed E-state index contributed by atoms with van der Waals surface area (Å²) in [6.07, 6.45) is 0. The smallest absolute Gasteiger partial charge is 0.159 e. The summed E-state index contributed by atoms with van der Waals surface area (Å²) in [6.45, 7) is 5.39. The van der Waals surface area contributed by atoms with Crippen LogP contribution in [-0.4, -0.2) is 70.3 Å². The van der Waals surface area contributed by atoms with Gasteiger partial charge in [-0.2, -0.15) is 5.10 Å². The minimum absolute atomic E-state index is 0.713. The van der Waals surface area contributed by atoms with Gasteiger partial charge in [-0.3, -0.25) is 10.00 Å². The van der Waals surface area contributed by atoms with Gasteiger partial charge in [0.1, 0.15) is 22.9 Å². The van der Waals surface area contributed by atoms with Crippen molar-refractivity contribution >= 4 is 21.9 Å². The molecule has 8 heteroatoms. The Bertz CT molecular complexity index is 1480. The van der Waals surface area contributed by atoms with E-state index in [0.717, 1.165) is 77.7 Å². The van der Waals surface area contributed by atoms with Gasteiger partial charge in [0.25, 0.3) is 0 Å². The van der Waals surface area contributed by atoms with Crippen molar-refractivity contribution in [2.24, 2.45) is 0 Å². The van der Waals surface area contributed by atoms with Crippen LogP contribution >= 0.6 is 0 Å². The van der Waals surface area contributed by atoms with Gasteiger partial charge in [0.15, 0.2) is 5.82 Å². The summed E-state index contributed by atoms with van der Waals surface area (Å²) in [5.41, 5.74) is 4.94. The summed E-state index contributed by atoms with van der Waals surface area (Å²) in [6, 6.07) is 19.9. The minimum atomic E-state index is 0.713. The van der Waals surface area contributed by atoms with E-state index in [0.29, 0.717) is 5.75 Å². The van der Waals surface area contributed by atoms with E-state index in [1.54, 1.807) is 7.11 Å². The molecule has 0 amide bonds. The van der Waals surface area contributed by atoms with Crippen molar-refractivity contribution in [1.82, 2.24) is 30.0 Å². The first-order valence-electron chi connectivity index (χ1n) is 11.8. The highest BCUT2D eigenvalue weighted by Gasteiger charge is 2.16. The number of fused-ring (bicyclic) bond motifs is 2. The van der Waals surface area contributed by atoms with Crippen molar-refractivity contribution in [3.8, 4) is 28.8 Å². The van der Waals surface area contributed by atoms with Gasteiger partial charge < -0.3 is 19.4 Å². The fraction of sp³-hybridized carbons (Fsp3) is 0.259. The average molecular weight is 469 g/mol. The lowest BCUT2D eigenvalue weighted by Crippen LogP contribution is -2.43. The molecule has 3 heterocycles. The molecule has 1 aliphatic heterocycles. The van der Waals surface area contributed by atoms with Crippen LogP contribution in [0.1, 0.15) is 5.56 Å². The van der Waals surface area contributed by atoms with E-state index in [1.165, 1.54) is 5.56 Å². The topological polar surface area (TPSA) is 82.3 Å². The van der Waals surface area contributed by atoms with Crippen LogP contribution < -0.4 is 9.47 Å². The lowest BCUT2D eigenvalue weighted by atomic mass is 10.1. The van der Waals surface area contributed by atoms with Crippen molar-refractivity contribution in [3.63, 3.8) is 0 Å². The van der Waals surface area contributed by atoms with Gasteiger partial charge in [-0.1, -0.05) is 12.1 Å². The van der Waals surface area contributed by atoms with Crippen molar-refractivity contribution < 1.29 is 9.47 Å². The number of likely N-dealkylation sites (N-methyl/N-ethyl adjacent to an activating group) is 1. The lowest BCUT2D eigenvalue weighted by molar-refractivity contribution is 0.148. The molecule has 0 saturated carbocycles. The van der Waals surface area contributed by atoms with E-state index in [4.69, 9.17) is 14.5 Å². The van der Waals surface area contributed by atoms with Crippen LogP contribution in [0.3, 0.4) is 0 Å². The standard InChI is InChI=1S/C27H28N6O2/c1-32-10-12-33(13-11-32)17-18-6-8-24-25(14-18)29-27(28-24)26-22-16-21(7-9-23(22)30-31-26)35-20-5-3-4-19(15-20)34-2/h3-9,14-16H,10-13,17H2,1-2H3,(H,28,29)(H,30,31). The maximum Gasteiger partial charge on any atom is 0.159 e. The Balaban J connectivity index is 1.27. The Hall–Kier alpha value is -3.88. The molecule has 0 radical (unpaired) electrons. The molecule has 8 nitrogen and oxygen atoms in total. The van der Waals surface area contributed by atoms with Gasteiger partial charge in [-0.15, -0.1) is 0 Å². The number of nitrogens with zero attached hydrogens (tertiary/aromatic N) is 4. The number of hydrogen-bond acceptors (Lipinski definition) is 6. The fourth-order valence-corrected chi connectivity index (χ4v) is 4.57. The molecule has 5 aromatic rings. The van der Waals surface area contributed by atoms with E-state index < -0.39 is 0 Å². The summed E-state index contributed by atoms with van der Waals surface area (Å²) in [5, 5.41) is 8.61. The highest BCUT2D eigenvalue weighted by molar-refractivity contribution is 5.94. The molecule has 1 fully saturated rings. The van der Waals surface area contributed by atoms with E-state index in [2.05, 4.69) is 50.2 Å². The molecule has 2 N–H and O–H groups in total. The van der Waals surface area contributed by atoms with Crippen LogP contribution in [0.2, 0.25) is 0 Å². The van der Waals surface area contributed by atoms with Crippen molar-refractivity contribution in [2.75, 3.05) is 40.3 Å². The summed E-state index contributed by atoms with van der Waals surface area (Å²) in [7, 11) is 3.83. The van der Waals surface area contributed by atoms with E-state index in [-0.39, 0.29) is 0 Å². The zero-order valence-corrected chi connectivity index (χ0v) is 19.9. The number of methoxy groups -OCH3 is 1. The molecule has 0 atom stereocenters. The van der Waals surface area contributed by atoms with E-state index in [1.807, 2.05) is 42.5 Å². The van der Waals surface area contributed by atoms with Crippen LogP contribution in [0.15, 0.2) is 60.7 Å². The number of hydrogen-bond donors (Lipinski definition) is 2. The Morgan fingerprint density at radius 3 is 2.57 bits per heavy atom. The van der Waals surface area contributed by atoms with Gasteiger partial charge in [-0.05, 0) is 55.1 Å². The maximum absolute atomic E-state index is 6.08. The first-order chi connectivity index (χ1) is 17.1. The maximum atomic E-state index is 6.08. The normalized spacial score (nSPS) is 15.1. The zero-order valence-electron chi connectivity index (χ0n) is 19.9. The number of aromatic nitrogens is 4. The Kier molecular flexibility index (Phi) is 5.60. The molecular formula is C27H28N6O2. The highest BCUT2D eigenvalue weighted by atomic mass is 16.5. The second-order valence-corrected chi connectivity index (χ2v) is 9.08. The average Bonchev–Trinajstić information content (AvgIpc) is 3.49. The summed E-state index contributed by atoms with van der Waals surface area (Å²) < 4.78 is 11.4. The Morgan fingerprint density at radius 2 is 1.71 bits per heavy atom. The van der Waals surface area contributed by atoms with E-state index in [9.17, 15) is 0 Å². The number of rotatable bonds is 6. The number of aromatic amines is 2. The van der Waals surface area contributed by atoms with Gasteiger partial charge >= 0.3 is 0 Å². The molecular weight excluding hydrogens is 440 g/mol. The molecule has 0 unspecified atom stereocenters. The molecule has 1 saturated heterocycles. The van der Waals surface area contributed by atoms with Crippen molar-refractivity contribution in [3.05, 3.63) is 66.2 Å². The first-order valence-corrected chi connectivity index (χ1v) is 11.8. The number of benzene rings is 3. The quantitative estimate of drug-likeness (QED) is 0.377. The second-order valence-electron chi connectivity index (χ2n) is 9.08. The van der Waals surface area contributed by atoms with Crippen molar-refractivity contribution in [2.45, 2.75) is 6.54 Å². The highest BCUT2D eigenvalue weighted by Crippen LogP contribution is 2.32. The number of nitrogens with one attached hydrogen (secondary N) is 2. The fourth-order valence-electron chi connectivity index (χ4n) is 4.57. The third kappa shape index (κ3) is 4.45. The number of piperazine rings is 1. The van der Waals surface area contributed by atoms with Crippen LogP contribution in [0, 0.1) is 0 Å². The number of ether oxygens (including phenoxy) is 2. The molecule has 0 spiro atoms. The second kappa shape index (κ2) is 9.05. The van der Waals surface area contributed by atoms with Crippen LogP contribution in [0.4, 0.5) is 0 Å². The molecule has 1 aliphatic rings. The van der Waals surface area contributed by atoms with Gasteiger partial charge in [-0.25, -0.2) is 4.98 Å². The largest absolute Gasteiger partial charge is 0.497 e. The van der Waals surface area contributed by atoms with Gasteiger partial charge in [0.05, 0.1) is 23.7 Å². The predicted molar refractivity (Wildman–Crippen MR) is 137 cm³/mol. The van der Waals surface area contributed by atoms with Crippen LogP contribution in [-0.2, 0) is 6.54 Å². The molecule has 3 aromatic carbocycles. The molecule has 0 bridgehead atoms. The van der Waals surface area contributed by atoms with Gasteiger partial charge in [0, 0.05) is 44.2 Å². The van der Waals surface area contributed by atoms with Crippen LogP contribution in [0.25, 0.3) is 33.5 Å². The van der Waals surface area contributed by atoms with E-state index >= 15 is 0 Å². The third-order valence-corrected chi connectivity index (χ3v) is 6.58. The SMILES string of the molecule is COc1cccc(Oc2ccc3[nH]nc(-c4nc5ccc(CN6CCN(C)CC6)cc5[nH]4)c3c2)c1.